The number of fused-ring (bicyclic) bond motifs is 2. The largest absolute Gasteiger partial charge is 0.372 e. The van der Waals surface area contributed by atoms with Crippen LogP contribution in [0.3, 0.4) is 0 Å². The lowest BCUT2D eigenvalue weighted by molar-refractivity contribution is -0.00305. The number of urea groups is 1. The lowest BCUT2D eigenvalue weighted by atomic mass is 9.87. The number of piperidine rings is 2. The molecule has 6 heterocycles. The van der Waals surface area contributed by atoms with Crippen LogP contribution in [-0.2, 0) is 4.74 Å². The highest BCUT2D eigenvalue weighted by molar-refractivity contribution is 9.11. The number of benzene rings is 2. The summed E-state index contributed by atoms with van der Waals surface area (Å²) in [5, 5.41) is 19.7. The molecule has 4 aromatic heterocycles. The topological polar surface area (TPSA) is 163 Å². The molecule has 3 N–H and O–H groups in total. The van der Waals surface area contributed by atoms with E-state index in [2.05, 4.69) is 134 Å². The quantitative estimate of drug-likeness (QED) is 0.102. The van der Waals surface area contributed by atoms with Gasteiger partial charge < -0.3 is 29.7 Å². The van der Waals surface area contributed by atoms with Crippen LogP contribution in [-0.4, -0.2) is 143 Å². The fourth-order valence-corrected chi connectivity index (χ4v) is 9.22. The van der Waals surface area contributed by atoms with Crippen LogP contribution in [0.2, 0.25) is 5.02 Å². The number of halogens is 5. The zero-order valence-corrected chi connectivity index (χ0v) is 41.1. The number of carbonyl (C=O) groups is 1. The molecule has 0 spiro atoms. The Kier molecular flexibility index (Phi) is 16.2. The maximum atomic E-state index is 14.3. The van der Waals surface area contributed by atoms with Crippen LogP contribution >= 0.6 is 59.4 Å². The number of hydrogen-bond donors (Lipinski definition) is 3. The summed E-state index contributed by atoms with van der Waals surface area (Å²) in [6, 6.07) is 12.6. The van der Waals surface area contributed by atoms with E-state index < -0.39 is 5.82 Å². The monoisotopic (exact) mass is 1070 g/mol. The molecule has 2 aliphatic heterocycles. The van der Waals surface area contributed by atoms with Crippen molar-refractivity contribution in [1.29, 1.82) is 0 Å². The summed E-state index contributed by atoms with van der Waals surface area (Å²) in [5.74, 6) is 1.77. The van der Waals surface area contributed by atoms with Crippen LogP contribution in [0.1, 0.15) is 37.4 Å². The summed E-state index contributed by atoms with van der Waals surface area (Å²) < 4.78 is 22.6. The van der Waals surface area contributed by atoms with E-state index in [1.807, 2.05) is 31.1 Å². The molecule has 0 bridgehead atoms. The van der Waals surface area contributed by atoms with Gasteiger partial charge in [0.05, 0.1) is 28.0 Å². The Morgan fingerprint density at radius 3 is 1.92 bits per heavy atom. The summed E-state index contributed by atoms with van der Waals surface area (Å²) in [6.07, 6.45) is 6.62. The minimum atomic E-state index is -0.399. The van der Waals surface area contributed by atoms with E-state index in [1.54, 1.807) is 23.4 Å². The molecule has 0 saturated carbocycles. The predicted molar refractivity (Wildman–Crippen MR) is 256 cm³/mol. The number of carbonyl (C=O) groups excluding carboxylic acids is 1. The van der Waals surface area contributed by atoms with Crippen molar-refractivity contribution in [3.63, 3.8) is 0 Å². The minimum Gasteiger partial charge on any atom is -0.372 e. The number of hydrogen-bond acceptors (Lipinski definition) is 12. The Morgan fingerprint density at radius 2 is 1.38 bits per heavy atom. The van der Waals surface area contributed by atoms with Crippen LogP contribution in [0.4, 0.5) is 26.5 Å². The second-order valence-corrected chi connectivity index (χ2v) is 18.9. The molecule has 2 aromatic carbocycles. The van der Waals surface area contributed by atoms with Crippen molar-refractivity contribution in [1.82, 2.24) is 55.4 Å². The van der Waals surface area contributed by atoms with Gasteiger partial charge in [-0.1, -0.05) is 23.7 Å². The third-order valence-electron chi connectivity index (χ3n) is 11.2. The minimum absolute atomic E-state index is 0.0652. The number of aromatic nitrogens is 8. The van der Waals surface area contributed by atoms with Gasteiger partial charge in [-0.15, -0.1) is 0 Å². The molecule has 0 radical (unpaired) electrons. The summed E-state index contributed by atoms with van der Waals surface area (Å²) in [7, 11) is 8.03. The number of H-pyrrole nitrogens is 2. The smallest absolute Gasteiger partial charge is 0.322 e. The number of rotatable bonds is 13. The van der Waals surface area contributed by atoms with Crippen molar-refractivity contribution < 1.29 is 13.9 Å². The van der Waals surface area contributed by atoms with Gasteiger partial charge in [-0.2, -0.15) is 10.2 Å². The van der Waals surface area contributed by atoms with Crippen molar-refractivity contribution in [2.24, 2.45) is 5.92 Å². The molecular formula is C42H51Br3ClFN14O2. The maximum Gasteiger partial charge on any atom is 0.322 e. The van der Waals surface area contributed by atoms with Gasteiger partial charge in [0.25, 0.3) is 0 Å². The summed E-state index contributed by atoms with van der Waals surface area (Å²) >= 11 is 16.3. The van der Waals surface area contributed by atoms with Crippen LogP contribution in [0.5, 0.6) is 0 Å². The van der Waals surface area contributed by atoms with E-state index >= 15 is 0 Å². The summed E-state index contributed by atoms with van der Waals surface area (Å²) in [6.45, 7) is 6.03. The number of nitrogens with zero attached hydrogens (tertiary/aromatic N) is 11. The Hall–Kier alpha value is -4.05. The van der Waals surface area contributed by atoms with E-state index in [4.69, 9.17) is 16.3 Å². The fraction of sp³-hybridized carbons (Fsp3) is 0.452. The first-order valence-electron chi connectivity index (χ1n) is 20.8. The first kappa shape index (κ1) is 46.9. The van der Waals surface area contributed by atoms with Crippen LogP contribution in [0.15, 0.2) is 68.8 Å². The molecule has 8 rings (SSSR count). The zero-order valence-electron chi connectivity index (χ0n) is 35.5. The van der Waals surface area contributed by atoms with Gasteiger partial charge >= 0.3 is 6.03 Å². The average Bonchev–Trinajstić information content (AvgIpc) is 3.86. The van der Waals surface area contributed by atoms with Crippen molar-refractivity contribution >= 4 is 105 Å². The van der Waals surface area contributed by atoms with Gasteiger partial charge in [0, 0.05) is 62.6 Å². The maximum absolute atomic E-state index is 14.3. The highest BCUT2D eigenvalue weighted by Crippen LogP contribution is 2.38. The van der Waals surface area contributed by atoms with Crippen molar-refractivity contribution in [3.05, 3.63) is 85.2 Å². The van der Waals surface area contributed by atoms with Crippen molar-refractivity contribution in [2.75, 3.05) is 95.3 Å². The van der Waals surface area contributed by atoms with Gasteiger partial charge in [-0.05, 0) is 143 Å². The molecule has 2 fully saturated rings. The number of anilines is 3. The van der Waals surface area contributed by atoms with Gasteiger partial charge in [0.15, 0.2) is 11.3 Å². The number of nitrogens with one attached hydrogen (secondary N) is 3. The lowest BCUT2D eigenvalue weighted by Gasteiger charge is -2.39. The Bertz CT molecular complexity index is 2440. The molecule has 336 valence electrons. The van der Waals surface area contributed by atoms with Gasteiger partial charge in [0.1, 0.15) is 39.3 Å². The standard InChI is InChI=1S/C21H25Br2FN8O.C21H26BrClN6O/c1-30(2)10-7-25-21(33)32(14-3-4-15(22)16(24)11-14)13-5-8-31(9-6-13)20-17-18(23)28-29-19(17)26-12-27-20;1-28(2)11-12-30-18(14-3-5-16(23)6-4-14)15-7-9-29(10-8-15)21-17-19(22)26-27-20(17)24-13-25-21/h3-4,11-13H,5-10H2,1-2H3,(H,25,33)(H,26,27,28,29);3-6,13,15,18H,7-12H2,1-2H3,(H,24,25,26,27)/t;18-/m.1/s1. The molecule has 0 unspecified atom stereocenters. The van der Waals surface area contributed by atoms with Crippen molar-refractivity contribution in [3.8, 4) is 0 Å². The summed E-state index contributed by atoms with van der Waals surface area (Å²) in [4.78, 5) is 41.0. The second kappa shape index (κ2) is 21.8. The van der Waals surface area contributed by atoms with Gasteiger partial charge in [-0.25, -0.2) is 29.1 Å². The lowest BCUT2D eigenvalue weighted by Crippen LogP contribution is -2.52. The van der Waals surface area contributed by atoms with E-state index in [-0.39, 0.29) is 18.2 Å². The Balaban J connectivity index is 0.000000190. The van der Waals surface area contributed by atoms with Gasteiger partial charge in [0.2, 0.25) is 0 Å². The number of ether oxygens (including phenoxy) is 1. The van der Waals surface area contributed by atoms with E-state index in [1.165, 1.54) is 18.0 Å². The molecular weight excluding hydrogens is 1030 g/mol. The molecule has 2 amide bonds. The zero-order chi connectivity index (χ0) is 44.6. The number of amides is 2. The summed E-state index contributed by atoms with van der Waals surface area (Å²) in [5.41, 5.74) is 3.01. The highest BCUT2D eigenvalue weighted by atomic mass is 79.9. The van der Waals surface area contributed by atoms with Crippen LogP contribution in [0, 0.1) is 11.7 Å². The highest BCUT2D eigenvalue weighted by Gasteiger charge is 2.32. The number of aromatic amines is 2. The van der Waals surface area contributed by atoms with E-state index in [0.717, 1.165) is 75.7 Å². The fourth-order valence-electron chi connectivity index (χ4n) is 7.96. The number of likely N-dealkylation sites (N-methyl/N-ethyl adjacent to an activating group) is 2. The molecule has 2 saturated heterocycles. The molecule has 16 nitrogen and oxygen atoms in total. The van der Waals surface area contributed by atoms with Crippen molar-refractivity contribution in [2.45, 2.75) is 37.8 Å². The first-order valence-corrected chi connectivity index (χ1v) is 23.5. The molecule has 1 atom stereocenters. The van der Waals surface area contributed by atoms with Crippen LogP contribution in [0.25, 0.3) is 22.1 Å². The van der Waals surface area contributed by atoms with E-state index in [9.17, 15) is 9.18 Å². The molecule has 21 heteroatoms. The predicted octanol–water partition coefficient (Wildman–Crippen LogP) is 8.07. The molecule has 0 aliphatic carbocycles. The normalized spacial score (nSPS) is 15.6. The molecule has 6 aromatic rings. The molecule has 2 aliphatic rings. The van der Waals surface area contributed by atoms with E-state index in [0.29, 0.717) is 66.5 Å². The van der Waals surface area contributed by atoms with Crippen LogP contribution < -0.4 is 20.0 Å². The first-order chi connectivity index (χ1) is 30.4. The average molecular weight is 1080 g/mol. The second-order valence-electron chi connectivity index (χ2n) is 16.1. The Morgan fingerprint density at radius 1 is 0.825 bits per heavy atom. The SMILES string of the molecule is CN(C)CCNC(=O)N(c1ccc(Br)c(F)c1)C1CCN(c2ncnc3n[nH]c(Br)c23)CC1.CN(C)CCO[C@H](c1ccc(Cl)cc1)C1CCN(c2ncnc3n[nH]c(Br)c23)CC1. The van der Waals surface area contributed by atoms with Gasteiger partial charge in [-0.3, -0.25) is 15.1 Å². The third kappa shape index (κ3) is 11.6. The Labute approximate surface area is 396 Å². The molecule has 63 heavy (non-hydrogen) atoms. The third-order valence-corrected chi connectivity index (χ3v) is 13.3.